The molecule has 0 aliphatic carbocycles. The molecule has 0 spiro atoms. The molecule has 136 valence electrons. The van der Waals surface area contributed by atoms with Crippen molar-refractivity contribution in [1.29, 1.82) is 0 Å². The van der Waals surface area contributed by atoms with Crippen LogP contribution in [-0.2, 0) is 4.79 Å². The summed E-state index contributed by atoms with van der Waals surface area (Å²) in [4.78, 5) is 22.2. The molecule has 0 aliphatic rings. The Kier molecular flexibility index (Phi) is 6.10. The van der Waals surface area contributed by atoms with E-state index in [1.807, 2.05) is 0 Å². The van der Waals surface area contributed by atoms with E-state index in [-0.39, 0.29) is 17.0 Å². The van der Waals surface area contributed by atoms with Crippen molar-refractivity contribution in [3.63, 3.8) is 0 Å². The Morgan fingerprint density at radius 1 is 1.31 bits per heavy atom. The third-order valence-electron chi connectivity index (χ3n) is 3.47. The Bertz CT molecular complexity index is 820. The van der Waals surface area contributed by atoms with Crippen LogP contribution in [0.5, 0.6) is 11.5 Å². The summed E-state index contributed by atoms with van der Waals surface area (Å²) in [6, 6.07) is 10.00. The van der Waals surface area contributed by atoms with Crippen LogP contribution in [0.2, 0.25) is 0 Å². The fourth-order valence-electron chi connectivity index (χ4n) is 2.02. The summed E-state index contributed by atoms with van der Waals surface area (Å²) in [7, 11) is 1.57. The molecule has 0 radical (unpaired) electrons. The molecule has 1 atom stereocenters. The predicted molar refractivity (Wildman–Crippen MR) is 96.6 cm³/mol. The molecule has 0 saturated heterocycles. The lowest BCUT2D eigenvalue weighted by Crippen LogP contribution is -2.34. The molecule has 0 fully saturated rings. The normalized spacial score (nSPS) is 11.8. The summed E-state index contributed by atoms with van der Waals surface area (Å²) in [5.41, 5.74) is 2.97. The number of hydrogen-bond acceptors (Lipinski definition) is 7. The van der Waals surface area contributed by atoms with Gasteiger partial charge in [0.1, 0.15) is 17.5 Å². The number of hydrazone groups is 1. The molecule has 2 aromatic rings. The van der Waals surface area contributed by atoms with Crippen LogP contribution in [0.1, 0.15) is 12.5 Å². The average Bonchev–Trinajstić information content (AvgIpc) is 2.63. The number of benzene rings is 2. The van der Waals surface area contributed by atoms with Crippen LogP contribution >= 0.6 is 0 Å². The van der Waals surface area contributed by atoms with Gasteiger partial charge in [0.05, 0.1) is 18.2 Å². The first-order valence-electron chi connectivity index (χ1n) is 7.61. The largest absolute Gasteiger partial charge is 0.507 e. The number of nitrogens with one attached hydrogen (secondary N) is 2. The Morgan fingerprint density at radius 3 is 2.62 bits per heavy atom. The van der Waals surface area contributed by atoms with Crippen molar-refractivity contribution in [3.8, 4) is 11.5 Å². The summed E-state index contributed by atoms with van der Waals surface area (Å²) in [5, 5.41) is 27.1. The zero-order chi connectivity index (χ0) is 19.1. The van der Waals surface area contributed by atoms with Crippen LogP contribution in [0.25, 0.3) is 0 Å². The van der Waals surface area contributed by atoms with Gasteiger partial charge in [-0.2, -0.15) is 5.10 Å². The number of amides is 1. The zero-order valence-corrected chi connectivity index (χ0v) is 14.2. The van der Waals surface area contributed by atoms with Gasteiger partial charge in [0.2, 0.25) is 0 Å². The number of ether oxygens (including phenoxy) is 1. The Hall–Kier alpha value is -3.62. The topological polar surface area (TPSA) is 126 Å². The number of nitro groups is 1. The number of aromatic hydroxyl groups is 1. The van der Waals surface area contributed by atoms with Gasteiger partial charge in [0.15, 0.2) is 0 Å². The predicted octanol–water partition coefficient (Wildman–Crippen LogP) is 2.26. The fourth-order valence-corrected chi connectivity index (χ4v) is 2.02. The number of methoxy groups -OCH3 is 1. The van der Waals surface area contributed by atoms with E-state index in [0.717, 1.165) is 18.0 Å². The molecule has 9 heteroatoms. The molecule has 26 heavy (non-hydrogen) atoms. The molecule has 0 bridgehead atoms. The van der Waals surface area contributed by atoms with Gasteiger partial charge in [0.25, 0.3) is 11.6 Å². The zero-order valence-electron chi connectivity index (χ0n) is 14.2. The summed E-state index contributed by atoms with van der Waals surface area (Å²) >= 11 is 0. The third-order valence-corrected chi connectivity index (χ3v) is 3.47. The minimum Gasteiger partial charge on any atom is -0.507 e. The molecule has 9 nitrogen and oxygen atoms in total. The number of anilines is 1. The number of phenolic OH excluding ortho intramolecular Hbond substituents is 1. The first-order valence-corrected chi connectivity index (χ1v) is 7.61. The van der Waals surface area contributed by atoms with Crippen LogP contribution in [0.3, 0.4) is 0 Å². The summed E-state index contributed by atoms with van der Waals surface area (Å²) < 4.78 is 5.06. The highest BCUT2D eigenvalue weighted by Gasteiger charge is 2.12. The fraction of sp³-hybridized carbons (Fsp3) is 0.176. The maximum atomic E-state index is 12.0. The van der Waals surface area contributed by atoms with Gasteiger partial charge < -0.3 is 15.2 Å². The van der Waals surface area contributed by atoms with Gasteiger partial charge in [-0.15, -0.1) is 0 Å². The summed E-state index contributed by atoms with van der Waals surface area (Å²) in [5.74, 6) is 0.106. The van der Waals surface area contributed by atoms with Gasteiger partial charge in [0, 0.05) is 23.4 Å². The second-order valence-corrected chi connectivity index (χ2v) is 5.33. The van der Waals surface area contributed by atoms with Crippen molar-refractivity contribution in [2.45, 2.75) is 13.0 Å². The number of non-ortho nitro benzene ring substituents is 1. The Labute approximate surface area is 149 Å². The minimum absolute atomic E-state index is 0.121. The molecule has 3 N–H and O–H groups in total. The number of nitrogens with zero attached hydrogens (tertiary/aromatic N) is 2. The van der Waals surface area contributed by atoms with E-state index in [9.17, 15) is 20.0 Å². The van der Waals surface area contributed by atoms with Crippen LogP contribution in [0, 0.1) is 10.1 Å². The van der Waals surface area contributed by atoms with E-state index in [1.165, 1.54) is 12.1 Å². The third kappa shape index (κ3) is 4.94. The van der Waals surface area contributed by atoms with Gasteiger partial charge in [-0.1, -0.05) is 0 Å². The summed E-state index contributed by atoms with van der Waals surface area (Å²) in [6.07, 6.45) is 1.14. The van der Waals surface area contributed by atoms with Crippen molar-refractivity contribution < 1.29 is 19.6 Å². The molecular formula is C17H18N4O5. The first-order chi connectivity index (χ1) is 12.4. The Balaban J connectivity index is 1.95. The minimum atomic E-state index is -0.587. The lowest BCUT2D eigenvalue weighted by Gasteiger charge is -2.13. The highest BCUT2D eigenvalue weighted by Crippen LogP contribution is 2.21. The van der Waals surface area contributed by atoms with Crippen LogP contribution < -0.4 is 15.5 Å². The van der Waals surface area contributed by atoms with Crippen LogP contribution in [-0.4, -0.2) is 35.3 Å². The van der Waals surface area contributed by atoms with Gasteiger partial charge in [-0.05, 0) is 37.3 Å². The molecule has 2 aromatic carbocycles. The van der Waals surface area contributed by atoms with E-state index in [2.05, 4.69) is 15.8 Å². The molecule has 0 aromatic heterocycles. The number of hydrogen-bond donors (Lipinski definition) is 3. The maximum absolute atomic E-state index is 12.0. The van der Waals surface area contributed by atoms with Gasteiger partial charge in [-0.25, -0.2) is 5.43 Å². The van der Waals surface area contributed by atoms with Crippen molar-refractivity contribution in [3.05, 3.63) is 58.1 Å². The van der Waals surface area contributed by atoms with E-state index in [4.69, 9.17) is 4.74 Å². The van der Waals surface area contributed by atoms with Crippen molar-refractivity contribution in [2.24, 2.45) is 5.10 Å². The number of nitro benzene ring substituents is 1. The molecule has 0 heterocycles. The van der Waals surface area contributed by atoms with E-state index >= 15 is 0 Å². The maximum Gasteiger partial charge on any atom is 0.270 e. The summed E-state index contributed by atoms with van der Waals surface area (Å²) in [6.45, 7) is 1.65. The van der Waals surface area contributed by atoms with E-state index < -0.39 is 16.9 Å². The number of phenols is 1. The van der Waals surface area contributed by atoms with E-state index in [0.29, 0.717) is 5.75 Å². The van der Waals surface area contributed by atoms with Crippen molar-refractivity contribution in [2.75, 3.05) is 12.4 Å². The second-order valence-electron chi connectivity index (χ2n) is 5.33. The molecular weight excluding hydrogens is 340 g/mol. The van der Waals surface area contributed by atoms with Crippen LogP contribution in [0.4, 0.5) is 11.4 Å². The molecule has 0 saturated carbocycles. The number of rotatable bonds is 7. The molecule has 0 unspecified atom stereocenters. The first kappa shape index (κ1) is 18.7. The molecule has 1 amide bonds. The highest BCUT2D eigenvalue weighted by molar-refractivity contribution is 5.88. The SMILES string of the molecule is COc1ccc(N[C@H](C)C(=O)NN=Cc2cc([N+](=O)[O-])ccc2O)cc1. The van der Waals surface area contributed by atoms with Gasteiger partial charge in [-0.3, -0.25) is 14.9 Å². The smallest absolute Gasteiger partial charge is 0.270 e. The lowest BCUT2D eigenvalue weighted by atomic mass is 10.2. The van der Waals surface area contributed by atoms with Gasteiger partial charge >= 0.3 is 0 Å². The second kappa shape index (κ2) is 8.47. The Morgan fingerprint density at radius 2 is 2.00 bits per heavy atom. The van der Waals surface area contributed by atoms with E-state index in [1.54, 1.807) is 38.3 Å². The van der Waals surface area contributed by atoms with Crippen LogP contribution in [0.15, 0.2) is 47.6 Å². The lowest BCUT2D eigenvalue weighted by molar-refractivity contribution is -0.384. The monoisotopic (exact) mass is 358 g/mol. The standard InChI is InChI=1S/C17H18N4O5/c1-11(19-13-3-6-15(26-2)7-4-13)17(23)20-18-10-12-9-14(21(24)25)5-8-16(12)22/h3-11,19,22H,1-2H3,(H,20,23)/t11-/m1/s1. The highest BCUT2D eigenvalue weighted by atomic mass is 16.6. The molecule has 0 aliphatic heterocycles. The van der Waals surface area contributed by atoms with Crippen molar-refractivity contribution in [1.82, 2.24) is 5.43 Å². The number of carbonyl (C=O) groups excluding carboxylic acids is 1. The molecule has 2 rings (SSSR count). The average molecular weight is 358 g/mol. The van der Waals surface area contributed by atoms with Crippen molar-refractivity contribution >= 4 is 23.5 Å². The number of carbonyl (C=O) groups is 1. The quantitative estimate of drug-likeness (QED) is 0.396.